The van der Waals surface area contributed by atoms with Gasteiger partial charge in [-0.05, 0) is 0 Å². The standard InChI is InChI=1S/C8H8N2O3/c1-5(11)6-3-7(8(12)13-2)10-4-9-6/h3-4H,1-2H3. The van der Waals surface area contributed by atoms with E-state index in [2.05, 4.69) is 14.7 Å². The number of methoxy groups -OCH3 is 1. The lowest BCUT2D eigenvalue weighted by Gasteiger charge is -1.98. The third-order valence-electron chi connectivity index (χ3n) is 1.42. The van der Waals surface area contributed by atoms with Crippen LogP contribution in [0.15, 0.2) is 12.4 Å². The van der Waals surface area contributed by atoms with Crippen molar-refractivity contribution in [2.24, 2.45) is 0 Å². The fraction of sp³-hybridized carbons (Fsp3) is 0.250. The minimum Gasteiger partial charge on any atom is -0.464 e. The SMILES string of the molecule is COC(=O)c1cc(C(C)=O)ncn1. The van der Waals surface area contributed by atoms with Crippen LogP contribution in [0, 0.1) is 0 Å². The average Bonchev–Trinajstić information content (AvgIpc) is 2.17. The Bertz CT molecular complexity index is 349. The first-order chi connectivity index (χ1) is 6.15. The van der Waals surface area contributed by atoms with Gasteiger partial charge in [0.05, 0.1) is 7.11 Å². The summed E-state index contributed by atoms with van der Waals surface area (Å²) in [6.45, 7) is 1.36. The van der Waals surface area contributed by atoms with Crippen molar-refractivity contribution in [3.8, 4) is 0 Å². The molecule has 0 saturated heterocycles. The van der Waals surface area contributed by atoms with Gasteiger partial charge in [0, 0.05) is 13.0 Å². The van der Waals surface area contributed by atoms with Crippen molar-refractivity contribution in [3.63, 3.8) is 0 Å². The van der Waals surface area contributed by atoms with Crippen LogP contribution in [0.3, 0.4) is 0 Å². The summed E-state index contributed by atoms with van der Waals surface area (Å²) in [6, 6.07) is 1.30. The molecule has 1 rings (SSSR count). The first-order valence-electron chi connectivity index (χ1n) is 3.56. The lowest BCUT2D eigenvalue weighted by atomic mass is 10.2. The van der Waals surface area contributed by atoms with Gasteiger partial charge in [-0.25, -0.2) is 14.8 Å². The number of nitrogens with zero attached hydrogens (tertiary/aromatic N) is 2. The molecule has 1 aromatic heterocycles. The summed E-state index contributed by atoms with van der Waals surface area (Å²) in [7, 11) is 1.25. The number of rotatable bonds is 2. The van der Waals surface area contributed by atoms with Gasteiger partial charge in [-0.2, -0.15) is 0 Å². The molecule has 0 fully saturated rings. The summed E-state index contributed by atoms with van der Waals surface area (Å²) in [5, 5.41) is 0. The van der Waals surface area contributed by atoms with Crippen molar-refractivity contribution in [1.82, 2.24) is 9.97 Å². The van der Waals surface area contributed by atoms with Crippen LogP contribution in [0.5, 0.6) is 0 Å². The molecule has 5 nitrogen and oxygen atoms in total. The monoisotopic (exact) mass is 180 g/mol. The number of aromatic nitrogens is 2. The molecule has 0 amide bonds. The Morgan fingerprint density at radius 2 is 1.92 bits per heavy atom. The van der Waals surface area contributed by atoms with E-state index < -0.39 is 5.97 Å². The molecule has 0 atom stereocenters. The van der Waals surface area contributed by atoms with E-state index in [1.165, 1.54) is 20.1 Å². The van der Waals surface area contributed by atoms with Crippen molar-refractivity contribution in [2.75, 3.05) is 7.11 Å². The topological polar surface area (TPSA) is 69.2 Å². The number of Topliss-reactive ketones (excluding diaryl/α,β-unsaturated/α-hetero) is 1. The molecule has 68 valence electrons. The van der Waals surface area contributed by atoms with E-state index in [0.717, 1.165) is 6.33 Å². The van der Waals surface area contributed by atoms with Crippen LogP contribution in [-0.2, 0) is 4.74 Å². The second-order valence-corrected chi connectivity index (χ2v) is 2.34. The second kappa shape index (κ2) is 3.75. The van der Waals surface area contributed by atoms with E-state index >= 15 is 0 Å². The zero-order valence-corrected chi connectivity index (χ0v) is 7.27. The summed E-state index contributed by atoms with van der Waals surface area (Å²) in [5.74, 6) is -0.794. The van der Waals surface area contributed by atoms with Gasteiger partial charge in [0.15, 0.2) is 11.5 Å². The van der Waals surface area contributed by atoms with E-state index in [0.29, 0.717) is 0 Å². The lowest BCUT2D eigenvalue weighted by Crippen LogP contribution is -2.07. The van der Waals surface area contributed by atoms with Crippen molar-refractivity contribution in [3.05, 3.63) is 23.8 Å². The summed E-state index contributed by atoms with van der Waals surface area (Å²) >= 11 is 0. The molecule has 13 heavy (non-hydrogen) atoms. The summed E-state index contributed by atoms with van der Waals surface area (Å²) < 4.78 is 4.43. The smallest absolute Gasteiger partial charge is 0.356 e. The van der Waals surface area contributed by atoms with Crippen molar-refractivity contribution >= 4 is 11.8 Å². The quantitative estimate of drug-likeness (QED) is 0.488. The number of hydrogen-bond donors (Lipinski definition) is 0. The maximum Gasteiger partial charge on any atom is 0.356 e. The first kappa shape index (κ1) is 9.31. The zero-order valence-electron chi connectivity index (χ0n) is 7.27. The zero-order chi connectivity index (χ0) is 9.84. The highest BCUT2D eigenvalue weighted by atomic mass is 16.5. The summed E-state index contributed by atoms with van der Waals surface area (Å²) in [6.07, 6.45) is 1.16. The first-order valence-corrected chi connectivity index (χ1v) is 3.56. The number of ketones is 1. The van der Waals surface area contributed by atoms with Gasteiger partial charge in [-0.3, -0.25) is 4.79 Å². The minimum absolute atomic E-state index is 0.0858. The predicted octanol–water partition coefficient (Wildman–Crippen LogP) is 0.466. The van der Waals surface area contributed by atoms with Crippen LogP contribution in [-0.4, -0.2) is 28.8 Å². The summed E-state index contributed by atoms with van der Waals surface area (Å²) in [4.78, 5) is 29.2. The average molecular weight is 180 g/mol. The molecule has 0 aliphatic heterocycles. The van der Waals surface area contributed by atoms with Crippen LogP contribution in [0.25, 0.3) is 0 Å². The van der Waals surface area contributed by atoms with Gasteiger partial charge in [-0.15, -0.1) is 0 Å². The molecular formula is C8H8N2O3. The largest absolute Gasteiger partial charge is 0.464 e. The molecule has 0 aromatic carbocycles. The number of ether oxygens (including phenoxy) is 1. The lowest BCUT2D eigenvalue weighted by molar-refractivity contribution is 0.0594. The Morgan fingerprint density at radius 3 is 2.46 bits per heavy atom. The van der Waals surface area contributed by atoms with Gasteiger partial charge in [0.1, 0.15) is 12.0 Å². The van der Waals surface area contributed by atoms with Crippen LogP contribution >= 0.6 is 0 Å². The Hall–Kier alpha value is -1.78. The van der Waals surface area contributed by atoms with E-state index in [9.17, 15) is 9.59 Å². The highest BCUT2D eigenvalue weighted by molar-refractivity contribution is 5.95. The second-order valence-electron chi connectivity index (χ2n) is 2.34. The maximum absolute atomic E-state index is 11.0. The number of hydrogen-bond acceptors (Lipinski definition) is 5. The molecule has 0 saturated carbocycles. The third-order valence-corrected chi connectivity index (χ3v) is 1.42. The molecule has 0 aliphatic rings. The molecule has 5 heteroatoms. The van der Waals surface area contributed by atoms with Gasteiger partial charge in [-0.1, -0.05) is 0 Å². The minimum atomic E-state index is -0.579. The number of carbonyl (C=O) groups is 2. The highest BCUT2D eigenvalue weighted by Gasteiger charge is 2.09. The Balaban J connectivity index is 3.05. The van der Waals surface area contributed by atoms with Gasteiger partial charge in [0.2, 0.25) is 0 Å². The van der Waals surface area contributed by atoms with Crippen LogP contribution in [0.1, 0.15) is 27.9 Å². The number of esters is 1. The molecule has 0 aliphatic carbocycles. The molecule has 0 radical (unpaired) electrons. The van der Waals surface area contributed by atoms with E-state index in [1.54, 1.807) is 0 Å². The van der Waals surface area contributed by atoms with Gasteiger partial charge in [0.25, 0.3) is 0 Å². The maximum atomic E-state index is 11.0. The fourth-order valence-corrected chi connectivity index (χ4v) is 0.766. The molecule has 0 bridgehead atoms. The van der Waals surface area contributed by atoms with Gasteiger partial charge >= 0.3 is 5.97 Å². The normalized spacial score (nSPS) is 9.38. The third kappa shape index (κ3) is 2.08. The number of carbonyl (C=O) groups excluding carboxylic acids is 2. The van der Waals surface area contributed by atoms with Crippen LogP contribution < -0.4 is 0 Å². The van der Waals surface area contributed by atoms with E-state index in [-0.39, 0.29) is 17.2 Å². The molecule has 1 aromatic rings. The fourth-order valence-electron chi connectivity index (χ4n) is 0.766. The Labute approximate surface area is 74.8 Å². The van der Waals surface area contributed by atoms with Gasteiger partial charge < -0.3 is 4.74 Å². The summed E-state index contributed by atoms with van der Waals surface area (Å²) in [5.41, 5.74) is 0.290. The molecule has 0 unspecified atom stereocenters. The highest BCUT2D eigenvalue weighted by Crippen LogP contribution is 2.00. The predicted molar refractivity (Wildman–Crippen MR) is 43.4 cm³/mol. The van der Waals surface area contributed by atoms with E-state index in [4.69, 9.17) is 0 Å². The van der Waals surface area contributed by atoms with Crippen molar-refractivity contribution < 1.29 is 14.3 Å². The van der Waals surface area contributed by atoms with Crippen molar-refractivity contribution in [1.29, 1.82) is 0 Å². The molecular weight excluding hydrogens is 172 g/mol. The Kier molecular flexibility index (Phi) is 2.69. The molecule has 0 spiro atoms. The van der Waals surface area contributed by atoms with Crippen LogP contribution in [0.4, 0.5) is 0 Å². The van der Waals surface area contributed by atoms with Crippen LogP contribution in [0.2, 0.25) is 0 Å². The van der Waals surface area contributed by atoms with Crippen molar-refractivity contribution in [2.45, 2.75) is 6.92 Å². The Morgan fingerprint density at radius 1 is 1.31 bits per heavy atom. The molecule has 0 N–H and O–H groups in total. The van der Waals surface area contributed by atoms with E-state index in [1.807, 2.05) is 0 Å². The molecule has 1 heterocycles.